The molecule has 0 unspecified atom stereocenters. The largest absolute Gasteiger partial charge is 0.313 e. The van der Waals surface area contributed by atoms with Gasteiger partial charge in [-0.05, 0) is 18.7 Å². The molecular weight excluding hydrogens is 228 g/mol. The van der Waals surface area contributed by atoms with Crippen LogP contribution in [0.25, 0.3) is 0 Å². The number of nitrogens with one attached hydrogen (secondary N) is 1. The third-order valence-corrected chi connectivity index (χ3v) is 3.15. The van der Waals surface area contributed by atoms with E-state index in [4.69, 9.17) is 0 Å². The number of hydrogen-bond acceptors (Lipinski definition) is 2. The van der Waals surface area contributed by atoms with Crippen molar-refractivity contribution in [3.63, 3.8) is 0 Å². The monoisotopic (exact) mass is 243 g/mol. The Morgan fingerprint density at radius 1 is 1.44 bits per heavy atom. The van der Waals surface area contributed by atoms with Crippen LogP contribution in [-0.4, -0.2) is 18.8 Å². The van der Waals surface area contributed by atoms with Crippen LogP contribution in [0.2, 0.25) is 0 Å². The molecule has 0 amide bonds. The smallest absolute Gasteiger partial charge is 0.139 e. The van der Waals surface area contributed by atoms with Crippen molar-refractivity contribution in [2.75, 3.05) is 18.8 Å². The fourth-order valence-electron chi connectivity index (χ4n) is 1.12. The fraction of sp³-hybridized carbons (Fsp3) is 0.333. The van der Waals surface area contributed by atoms with Crippen molar-refractivity contribution in [2.24, 2.45) is 0 Å². The highest BCUT2D eigenvalue weighted by Crippen LogP contribution is 2.23. The maximum atomic E-state index is 13.2. The number of halogens is 2. The zero-order chi connectivity index (χ0) is 12.0. The lowest BCUT2D eigenvalue weighted by Gasteiger charge is -2.06. The first-order valence-electron chi connectivity index (χ1n) is 5.08. The molecule has 0 radical (unpaired) electrons. The van der Waals surface area contributed by atoms with Crippen LogP contribution in [0.4, 0.5) is 8.78 Å². The molecule has 88 valence electrons. The van der Waals surface area contributed by atoms with E-state index in [1.165, 1.54) is 23.9 Å². The Morgan fingerprint density at radius 3 is 2.81 bits per heavy atom. The van der Waals surface area contributed by atoms with E-state index in [1.54, 1.807) is 0 Å². The molecule has 0 aromatic heterocycles. The topological polar surface area (TPSA) is 12.0 Å². The Bertz CT molecular complexity index is 366. The summed E-state index contributed by atoms with van der Waals surface area (Å²) in [4.78, 5) is 0.457. The van der Waals surface area contributed by atoms with Gasteiger partial charge in [0.05, 0.1) is 0 Å². The van der Waals surface area contributed by atoms with Gasteiger partial charge in [0.15, 0.2) is 0 Å². The van der Waals surface area contributed by atoms with Gasteiger partial charge in [0, 0.05) is 23.3 Å². The zero-order valence-corrected chi connectivity index (χ0v) is 10.0. The van der Waals surface area contributed by atoms with Crippen LogP contribution >= 0.6 is 11.8 Å². The van der Waals surface area contributed by atoms with Gasteiger partial charge in [-0.2, -0.15) is 0 Å². The van der Waals surface area contributed by atoms with Crippen LogP contribution in [0.15, 0.2) is 35.2 Å². The Hall–Kier alpha value is -0.870. The summed E-state index contributed by atoms with van der Waals surface area (Å²) in [6.07, 6.45) is 0. The fourth-order valence-corrected chi connectivity index (χ4v) is 1.95. The van der Waals surface area contributed by atoms with Crippen molar-refractivity contribution < 1.29 is 8.78 Å². The van der Waals surface area contributed by atoms with Crippen LogP contribution in [-0.2, 0) is 0 Å². The van der Waals surface area contributed by atoms with E-state index in [2.05, 4.69) is 11.9 Å². The molecule has 1 nitrogen and oxygen atoms in total. The van der Waals surface area contributed by atoms with Gasteiger partial charge < -0.3 is 5.32 Å². The van der Waals surface area contributed by atoms with Crippen molar-refractivity contribution in [2.45, 2.75) is 11.8 Å². The molecule has 1 N–H and O–H groups in total. The van der Waals surface area contributed by atoms with E-state index in [1.807, 2.05) is 6.92 Å². The zero-order valence-electron chi connectivity index (χ0n) is 9.22. The van der Waals surface area contributed by atoms with Gasteiger partial charge >= 0.3 is 0 Å². The molecule has 0 heterocycles. The number of hydrogen-bond donors (Lipinski definition) is 1. The van der Waals surface area contributed by atoms with E-state index in [0.717, 1.165) is 24.7 Å². The Kier molecular flexibility index (Phi) is 5.49. The molecule has 0 fully saturated rings. The molecule has 1 aromatic carbocycles. The highest BCUT2D eigenvalue weighted by Gasteiger charge is 2.04. The lowest BCUT2D eigenvalue weighted by Crippen LogP contribution is -2.16. The number of benzene rings is 1. The SMILES string of the molecule is C=C(CNCC)CSc1ccc(F)cc1F. The lowest BCUT2D eigenvalue weighted by molar-refractivity contribution is 0.566. The normalized spacial score (nSPS) is 10.4. The number of rotatable bonds is 6. The predicted octanol–water partition coefficient (Wildman–Crippen LogP) is 3.22. The quantitative estimate of drug-likeness (QED) is 0.608. The highest BCUT2D eigenvalue weighted by atomic mass is 32.2. The summed E-state index contributed by atoms with van der Waals surface area (Å²) in [7, 11) is 0. The second-order valence-corrected chi connectivity index (χ2v) is 4.41. The molecule has 0 spiro atoms. The first-order chi connectivity index (χ1) is 7.63. The molecular formula is C12H15F2NS. The van der Waals surface area contributed by atoms with Crippen LogP contribution in [0.3, 0.4) is 0 Å². The molecule has 0 saturated heterocycles. The molecule has 4 heteroatoms. The molecule has 1 rings (SSSR count). The number of likely N-dealkylation sites (N-methyl/N-ethyl adjacent to an activating group) is 1. The van der Waals surface area contributed by atoms with Crippen molar-refractivity contribution in [1.82, 2.24) is 5.32 Å². The van der Waals surface area contributed by atoms with Gasteiger partial charge in [-0.25, -0.2) is 8.78 Å². The van der Waals surface area contributed by atoms with E-state index in [-0.39, 0.29) is 0 Å². The Labute approximate surface area is 98.9 Å². The summed E-state index contributed by atoms with van der Waals surface area (Å²) in [5, 5.41) is 3.14. The average Bonchev–Trinajstić information content (AvgIpc) is 2.25. The van der Waals surface area contributed by atoms with Gasteiger partial charge in [0.2, 0.25) is 0 Å². The summed E-state index contributed by atoms with van der Waals surface area (Å²) in [5.74, 6) is -0.426. The van der Waals surface area contributed by atoms with Gasteiger partial charge in [0.1, 0.15) is 11.6 Å². The van der Waals surface area contributed by atoms with Crippen molar-refractivity contribution in [1.29, 1.82) is 0 Å². The van der Waals surface area contributed by atoms with Crippen molar-refractivity contribution >= 4 is 11.8 Å². The third kappa shape index (κ3) is 4.33. The van der Waals surface area contributed by atoms with Crippen LogP contribution in [0, 0.1) is 11.6 Å². The van der Waals surface area contributed by atoms with Gasteiger partial charge in [-0.3, -0.25) is 0 Å². The Balaban J connectivity index is 2.45. The minimum Gasteiger partial charge on any atom is -0.313 e. The molecule has 0 bridgehead atoms. The molecule has 1 aromatic rings. The van der Waals surface area contributed by atoms with Crippen LogP contribution in [0.1, 0.15) is 6.92 Å². The second-order valence-electron chi connectivity index (χ2n) is 3.39. The van der Waals surface area contributed by atoms with Gasteiger partial charge in [-0.15, -0.1) is 11.8 Å². The molecule has 0 saturated carbocycles. The van der Waals surface area contributed by atoms with Crippen LogP contribution in [0.5, 0.6) is 0 Å². The minimum absolute atomic E-state index is 0.457. The average molecular weight is 243 g/mol. The van der Waals surface area contributed by atoms with E-state index >= 15 is 0 Å². The molecule has 0 aliphatic heterocycles. The summed E-state index contributed by atoms with van der Waals surface area (Å²) in [6.45, 7) is 7.50. The maximum Gasteiger partial charge on any atom is 0.139 e. The molecule has 16 heavy (non-hydrogen) atoms. The summed E-state index contributed by atoms with van der Waals surface area (Å²) < 4.78 is 25.9. The van der Waals surface area contributed by atoms with E-state index < -0.39 is 11.6 Å². The summed E-state index contributed by atoms with van der Waals surface area (Å²) in [5.41, 5.74) is 0.996. The molecule has 0 aliphatic rings. The maximum absolute atomic E-state index is 13.2. The first-order valence-corrected chi connectivity index (χ1v) is 6.07. The van der Waals surface area contributed by atoms with E-state index in [9.17, 15) is 8.78 Å². The highest BCUT2D eigenvalue weighted by molar-refractivity contribution is 7.99. The summed E-state index contributed by atoms with van der Waals surface area (Å²) >= 11 is 1.33. The van der Waals surface area contributed by atoms with Crippen LogP contribution < -0.4 is 5.32 Å². The van der Waals surface area contributed by atoms with Crippen molar-refractivity contribution in [3.05, 3.63) is 42.0 Å². The molecule has 0 atom stereocenters. The van der Waals surface area contributed by atoms with Gasteiger partial charge in [-0.1, -0.05) is 19.1 Å². The number of thioether (sulfide) groups is 1. The lowest BCUT2D eigenvalue weighted by atomic mass is 10.3. The predicted molar refractivity (Wildman–Crippen MR) is 64.8 cm³/mol. The second kappa shape index (κ2) is 6.66. The van der Waals surface area contributed by atoms with Crippen molar-refractivity contribution in [3.8, 4) is 0 Å². The first kappa shape index (κ1) is 13.2. The summed E-state index contributed by atoms with van der Waals surface area (Å²) in [6, 6.07) is 3.61. The molecule has 0 aliphatic carbocycles. The third-order valence-electron chi connectivity index (χ3n) is 1.95. The van der Waals surface area contributed by atoms with E-state index in [0.29, 0.717) is 10.6 Å². The van der Waals surface area contributed by atoms with Gasteiger partial charge in [0.25, 0.3) is 0 Å². The standard InChI is InChI=1S/C12H15F2NS/c1-3-15-7-9(2)8-16-12-5-4-10(13)6-11(12)14/h4-6,15H,2-3,7-8H2,1H3. The minimum atomic E-state index is -0.548. The Morgan fingerprint density at radius 2 is 2.19 bits per heavy atom.